The van der Waals surface area contributed by atoms with Gasteiger partial charge in [-0.3, -0.25) is 0 Å². The summed E-state index contributed by atoms with van der Waals surface area (Å²) in [7, 11) is 0. The number of hydrogen-bond donors (Lipinski definition) is 0. The van der Waals surface area contributed by atoms with Gasteiger partial charge in [-0.15, -0.1) is 0 Å². The number of fused-ring (bicyclic) bond motifs is 3. The van der Waals surface area contributed by atoms with Gasteiger partial charge < -0.3 is 4.90 Å². The van der Waals surface area contributed by atoms with Crippen LogP contribution in [0.1, 0.15) is 156 Å². The van der Waals surface area contributed by atoms with E-state index in [-0.39, 0.29) is 5.41 Å². The van der Waals surface area contributed by atoms with Crippen molar-refractivity contribution < 1.29 is 0 Å². The smallest absolute Gasteiger partial charge is 0.0467 e. The standard InChI is InChI=1S/C45H53N/c1-45(2)43-24-13-12-23-41(43)42-26-25-39(31-44(42)45)46(38-22-14-21-35(28-38)32-15-6-3-7-16-32)40-29-36(33-17-8-4-9-18-33)27-37(30-40)34-19-10-5-11-20-34/h12-14,21-34H,3-11,15-20H2,1-2H3. The van der Waals surface area contributed by atoms with Crippen LogP contribution in [0.15, 0.2) is 84.9 Å². The van der Waals surface area contributed by atoms with Crippen LogP contribution in [-0.4, -0.2) is 0 Å². The average molecular weight is 608 g/mol. The minimum absolute atomic E-state index is 0.0191. The van der Waals surface area contributed by atoms with Gasteiger partial charge in [-0.05, 0) is 132 Å². The summed E-state index contributed by atoms with van der Waals surface area (Å²) in [6.45, 7) is 4.83. The Morgan fingerprint density at radius 3 is 1.59 bits per heavy atom. The summed E-state index contributed by atoms with van der Waals surface area (Å²) >= 11 is 0. The van der Waals surface area contributed by atoms with E-state index in [0.29, 0.717) is 17.8 Å². The van der Waals surface area contributed by atoms with Crippen molar-refractivity contribution in [2.45, 2.75) is 133 Å². The van der Waals surface area contributed by atoms with Gasteiger partial charge in [0, 0.05) is 22.5 Å². The summed E-state index contributed by atoms with van der Waals surface area (Å²) in [4.78, 5) is 2.64. The number of nitrogens with zero attached hydrogens (tertiary/aromatic N) is 1. The van der Waals surface area contributed by atoms with Crippen molar-refractivity contribution >= 4 is 17.1 Å². The van der Waals surface area contributed by atoms with Crippen LogP contribution in [0.5, 0.6) is 0 Å². The summed E-state index contributed by atoms with van der Waals surface area (Å²) < 4.78 is 0. The van der Waals surface area contributed by atoms with Crippen molar-refractivity contribution in [2.24, 2.45) is 0 Å². The van der Waals surface area contributed by atoms with E-state index in [2.05, 4.69) is 104 Å². The lowest BCUT2D eigenvalue weighted by Crippen LogP contribution is -2.17. The van der Waals surface area contributed by atoms with Gasteiger partial charge in [0.25, 0.3) is 0 Å². The molecule has 0 aromatic heterocycles. The molecule has 4 aromatic rings. The predicted molar refractivity (Wildman–Crippen MR) is 196 cm³/mol. The maximum absolute atomic E-state index is 2.65. The highest BCUT2D eigenvalue weighted by Gasteiger charge is 2.36. The van der Waals surface area contributed by atoms with E-state index in [9.17, 15) is 0 Å². The quantitative estimate of drug-likeness (QED) is 0.211. The van der Waals surface area contributed by atoms with Crippen LogP contribution in [0, 0.1) is 0 Å². The van der Waals surface area contributed by atoms with E-state index in [1.807, 2.05) is 0 Å². The van der Waals surface area contributed by atoms with Crippen molar-refractivity contribution in [1.29, 1.82) is 0 Å². The minimum atomic E-state index is -0.0191. The van der Waals surface area contributed by atoms with Crippen molar-refractivity contribution in [3.05, 3.63) is 113 Å². The molecule has 1 nitrogen and oxygen atoms in total. The SMILES string of the molecule is CC1(C)c2ccccc2-c2ccc(N(c3cccc(C4CCCCC4)c3)c3cc(C4CCCCC4)cc(C4CCCCC4)c3)cc21. The first kappa shape index (κ1) is 30.0. The van der Waals surface area contributed by atoms with E-state index in [1.165, 1.54) is 141 Å². The fraction of sp³-hybridized carbons (Fsp3) is 0.467. The summed E-state index contributed by atoms with van der Waals surface area (Å²) in [6, 6.07) is 34.0. The molecule has 4 aromatic carbocycles. The minimum Gasteiger partial charge on any atom is -0.310 e. The zero-order chi connectivity index (χ0) is 31.1. The number of anilines is 3. The highest BCUT2D eigenvalue weighted by Crippen LogP contribution is 2.51. The predicted octanol–water partition coefficient (Wildman–Crippen LogP) is 13.6. The molecular formula is C45H53N. The second-order valence-electron chi connectivity index (χ2n) is 15.7. The molecule has 0 unspecified atom stereocenters. The van der Waals surface area contributed by atoms with Crippen molar-refractivity contribution in [1.82, 2.24) is 0 Å². The molecule has 46 heavy (non-hydrogen) atoms. The lowest BCUT2D eigenvalue weighted by molar-refractivity contribution is 0.435. The summed E-state index contributed by atoms with van der Waals surface area (Å²) in [6.07, 6.45) is 20.5. The van der Waals surface area contributed by atoms with Crippen molar-refractivity contribution in [3.63, 3.8) is 0 Å². The Kier molecular flexibility index (Phi) is 8.30. The molecule has 0 bridgehead atoms. The molecule has 8 rings (SSSR count). The molecule has 3 saturated carbocycles. The van der Waals surface area contributed by atoms with E-state index in [0.717, 1.165) is 0 Å². The molecule has 4 aliphatic rings. The second kappa shape index (κ2) is 12.7. The maximum Gasteiger partial charge on any atom is 0.0467 e. The molecule has 0 N–H and O–H groups in total. The molecular weight excluding hydrogens is 555 g/mol. The molecule has 0 saturated heterocycles. The number of benzene rings is 4. The molecule has 4 aliphatic carbocycles. The fourth-order valence-electron chi connectivity index (χ4n) is 9.76. The highest BCUT2D eigenvalue weighted by atomic mass is 15.1. The molecule has 0 atom stereocenters. The van der Waals surface area contributed by atoms with Gasteiger partial charge in [0.1, 0.15) is 0 Å². The normalized spacial score (nSPS) is 20.3. The van der Waals surface area contributed by atoms with Gasteiger partial charge in [0.2, 0.25) is 0 Å². The monoisotopic (exact) mass is 607 g/mol. The Balaban J connectivity index is 1.29. The third-order valence-electron chi connectivity index (χ3n) is 12.4. The Morgan fingerprint density at radius 2 is 0.957 bits per heavy atom. The van der Waals surface area contributed by atoms with Crippen LogP contribution in [0.3, 0.4) is 0 Å². The third kappa shape index (κ3) is 5.63. The van der Waals surface area contributed by atoms with Gasteiger partial charge in [0.05, 0.1) is 0 Å². The van der Waals surface area contributed by atoms with Crippen molar-refractivity contribution in [2.75, 3.05) is 4.90 Å². The summed E-state index contributed by atoms with van der Waals surface area (Å²) in [5.41, 5.74) is 14.4. The van der Waals surface area contributed by atoms with Gasteiger partial charge in [-0.2, -0.15) is 0 Å². The number of rotatable bonds is 6. The average Bonchev–Trinajstić information content (AvgIpc) is 3.35. The molecule has 0 amide bonds. The Bertz CT molecular complexity index is 1640. The molecule has 0 aliphatic heterocycles. The van der Waals surface area contributed by atoms with Gasteiger partial charge in [-0.1, -0.05) is 120 Å². The molecule has 0 heterocycles. The Labute approximate surface area is 278 Å². The van der Waals surface area contributed by atoms with Crippen LogP contribution in [-0.2, 0) is 5.41 Å². The lowest BCUT2D eigenvalue weighted by Gasteiger charge is -2.32. The van der Waals surface area contributed by atoms with E-state index in [1.54, 1.807) is 11.1 Å². The first-order valence-corrected chi connectivity index (χ1v) is 18.9. The van der Waals surface area contributed by atoms with Crippen LogP contribution in [0.2, 0.25) is 0 Å². The Hall–Kier alpha value is -3.32. The first-order chi connectivity index (χ1) is 22.6. The van der Waals surface area contributed by atoms with Crippen LogP contribution in [0.25, 0.3) is 11.1 Å². The zero-order valence-electron chi connectivity index (χ0n) is 28.4. The first-order valence-electron chi connectivity index (χ1n) is 18.9. The van der Waals surface area contributed by atoms with Crippen LogP contribution in [0.4, 0.5) is 17.1 Å². The topological polar surface area (TPSA) is 3.24 Å². The van der Waals surface area contributed by atoms with Gasteiger partial charge >= 0.3 is 0 Å². The highest BCUT2D eigenvalue weighted by molar-refractivity contribution is 5.85. The largest absolute Gasteiger partial charge is 0.310 e. The van der Waals surface area contributed by atoms with Gasteiger partial charge in [0.15, 0.2) is 0 Å². The molecule has 0 spiro atoms. The fourth-order valence-corrected chi connectivity index (χ4v) is 9.76. The second-order valence-corrected chi connectivity index (χ2v) is 15.7. The van der Waals surface area contributed by atoms with E-state index in [4.69, 9.17) is 0 Å². The van der Waals surface area contributed by atoms with Crippen molar-refractivity contribution in [3.8, 4) is 11.1 Å². The molecule has 238 valence electrons. The lowest BCUT2D eigenvalue weighted by atomic mass is 9.79. The maximum atomic E-state index is 2.65. The Morgan fingerprint density at radius 1 is 0.435 bits per heavy atom. The third-order valence-corrected chi connectivity index (χ3v) is 12.4. The van der Waals surface area contributed by atoms with E-state index >= 15 is 0 Å². The summed E-state index contributed by atoms with van der Waals surface area (Å²) in [5.74, 6) is 2.08. The summed E-state index contributed by atoms with van der Waals surface area (Å²) in [5, 5.41) is 0. The van der Waals surface area contributed by atoms with Gasteiger partial charge in [-0.25, -0.2) is 0 Å². The number of hydrogen-bond acceptors (Lipinski definition) is 1. The molecule has 0 radical (unpaired) electrons. The zero-order valence-corrected chi connectivity index (χ0v) is 28.4. The van der Waals surface area contributed by atoms with Crippen LogP contribution < -0.4 is 4.90 Å². The molecule has 1 heteroatoms. The molecule has 3 fully saturated rings. The van der Waals surface area contributed by atoms with Crippen LogP contribution >= 0.6 is 0 Å². The van der Waals surface area contributed by atoms with E-state index < -0.39 is 0 Å².